The number of nitrogens with two attached hydrogens (primary N) is 1. The summed E-state index contributed by atoms with van der Waals surface area (Å²) in [6.45, 7) is 6.70. The van der Waals surface area contributed by atoms with E-state index in [1.807, 2.05) is 0 Å². The molecular weight excluding hydrogens is 286 g/mol. The molecule has 1 aromatic carbocycles. The third-order valence-corrected chi connectivity index (χ3v) is 4.76. The lowest BCUT2D eigenvalue weighted by Gasteiger charge is -2.37. The average Bonchev–Trinajstić information content (AvgIpc) is 2.44. The molecule has 0 radical (unpaired) electrons. The van der Waals surface area contributed by atoms with Crippen LogP contribution >= 0.6 is 0 Å². The van der Waals surface area contributed by atoms with Crippen LogP contribution in [0.25, 0.3) is 0 Å². The molecule has 0 spiro atoms. The molecule has 1 aliphatic heterocycles. The van der Waals surface area contributed by atoms with Crippen LogP contribution < -0.4 is 9.86 Å². The first-order valence-corrected chi connectivity index (χ1v) is 8.98. The minimum Gasteiger partial charge on any atom is -0.296 e. The molecule has 1 heterocycles. The van der Waals surface area contributed by atoms with Gasteiger partial charge in [-0.2, -0.15) is 8.42 Å². The fraction of sp³-hybridized carbons (Fsp3) is 0.600. The van der Waals surface area contributed by atoms with E-state index in [1.54, 1.807) is 0 Å². The molecule has 3 N–H and O–H groups in total. The quantitative estimate of drug-likeness (QED) is 0.866. The van der Waals surface area contributed by atoms with Gasteiger partial charge >= 0.3 is 0 Å². The van der Waals surface area contributed by atoms with Crippen LogP contribution in [-0.2, 0) is 10.2 Å². The van der Waals surface area contributed by atoms with Crippen molar-refractivity contribution in [2.75, 3.05) is 19.6 Å². The molecule has 6 heteroatoms. The van der Waals surface area contributed by atoms with Crippen molar-refractivity contribution in [1.29, 1.82) is 0 Å². The largest absolute Gasteiger partial charge is 0.296 e. The van der Waals surface area contributed by atoms with E-state index in [2.05, 4.69) is 47.7 Å². The van der Waals surface area contributed by atoms with Crippen LogP contribution in [0.2, 0.25) is 0 Å². The third kappa shape index (κ3) is 5.07. The predicted octanol–water partition coefficient (Wildman–Crippen LogP) is 1.56. The number of likely N-dealkylation sites (tertiary alicyclic amines) is 1. The molecule has 5 nitrogen and oxygen atoms in total. The zero-order valence-corrected chi connectivity index (χ0v) is 13.6. The number of hydrogen-bond donors (Lipinski definition) is 2. The van der Waals surface area contributed by atoms with Crippen molar-refractivity contribution >= 4 is 10.2 Å². The number of nitrogens with one attached hydrogen (secondary N) is 1. The van der Waals surface area contributed by atoms with Gasteiger partial charge in [-0.05, 0) is 44.7 Å². The number of rotatable bonds is 5. The fourth-order valence-electron chi connectivity index (χ4n) is 2.99. The molecule has 2 rings (SSSR count). The van der Waals surface area contributed by atoms with E-state index in [0.717, 1.165) is 25.9 Å². The zero-order chi connectivity index (χ0) is 15.5. The van der Waals surface area contributed by atoms with Crippen molar-refractivity contribution in [2.24, 2.45) is 11.1 Å². The molecule has 0 saturated carbocycles. The Kier molecular flexibility index (Phi) is 5.37. The van der Waals surface area contributed by atoms with E-state index in [4.69, 9.17) is 5.14 Å². The van der Waals surface area contributed by atoms with E-state index in [9.17, 15) is 8.42 Å². The first-order chi connectivity index (χ1) is 9.85. The highest BCUT2D eigenvalue weighted by Gasteiger charge is 2.24. The Balaban J connectivity index is 1.97. The molecule has 0 amide bonds. The monoisotopic (exact) mass is 311 g/mol. The van der Waals surface area contributed by atoms with Crippen LogP contribution in [0.15, 0.2) is 24.3 Å². The van der Waals surface area contributed by atoms with Crippen LogP contribution in [-0.4, -0.2) is 33.0 Å². The van der Waals surface area contributed by atoms with Crippen LogP contribution in [0.5, 0.6) is 0 Å². The highest BCUT2D eigenvalue weighted by Crippen LogP contribution is 2.26. The van der Waals surface area contributed by atoms with Gasteiger partial charge in [0.25, 0.3) is 10.2 Å². The number of hydrogen-bond acceptors (Lipinski definition) is 3. The van der Waals surface area contributed by atoms with Gasteiger partial charge in [0.15, 0.2) is 0 Å². The predicted molar refractivity (Wildman–Crippen MR) is 85.0 cm³/mol. The van der Waals surface area contributed by atoms with Crippen molar-refractivity contribution in [2.45, 2.75) is 32.7 Å². The highest BCUT2D eigenvalue weighted by molar-refractivity contribution is 7.87. The molecule has 0 unspecified atom stereocenters. The van der Waals surface area contributed by atoms with Crippen LogP contribution in [0.1, 0.15) is 36.9 Å². The van der Waals surface area contributed by atoms with Gasteiger partial charge in [0.05, 0.1) is 0 Å². The average molecular weight is 311 g/mol. The Labute approximate surface area is 127 Å². The van der Waals surface area contributed by atoms with Gasteiger partial charge in [0.2, 0.25) is 0 Å². The Bertz CT molecular complexity index is 574. The van der Waals surface area contributed by atoms with Gasteiger partial charge in [0, 0.05) is 19.1 Å². The third-order valence-electron chi connectivity index (χ3n) is 4.20. The summed E-state index contributed by atoms with van der Waals surface area (Å²) in [4.78, 5) is 2.42. The van der Waals surface area contributed by atoms with Gasteiger partial charge < -0.3 is 0 Å². The van der Waals surface area contributed by atoms with Crippen molar-refractivity contribution in [1.82, 2.24) is 9.62 Å². The molecule has 0 aliphatic carbocycles. The number of nitrogens with zero attached hydrogens (tertiary/aromatic N) is 1. The van der Waals surface area contributed by atoms with Crippen molar-refractivity contribution in [3.8, 4) is 0 Å². The Morgan fingerprint density at radius 1 is 1.48 bits per heavy atom. The van der Waals surface area contributed by atoms with Crippen molar-refractivity contribution in [3.63, 3.8) is 0 Å². The lowest BCUT2D eigenvalue weighted by molar-refractivity contribution is 0.133. The summed E-state index contributed by atoms with van der Waals surface area (Å²) >= 11 is 0. The van der Waals surface area contributed by atoms with Crippen molar-refractivity contribution in [3.05, 3.63) is 35.4 Å². The number of piperidine rings is 1. The summed E-state index contributed by atoms with van der Waals surface area (Å²) < 4.78 is 24.4. The van der Waals surface area contributed by atoms with Gasteiger partial charge in [-0.1, -0.05) is 29.8 Å². The summed E-state index contributed by atoms with van der Waals surface area (Å²) in [6.07, 6.45) is 2.13. The lowest BCUT2D eigenvalue weighted by atomic mass is 9.95. The van der Waals surface area contributed by atoms with Crippen LogP contribution in [0.3, 0.4) is 0 Å². The molecule has 0 bridgehead atoms. The minimum absolute atomic E-state index is 0.323. The first-order valence-electron chi connectivity index (χ1n) is 7.43. The molecule has 21 heavy (non-hydrogen) atoms. The van der Waals surface area contributed by atoms with Gasteiger partial charge in [-0.15, -0.1) is 0 Å². The molecule has 1 aromatic rings. The second kappa shape index (κ2) is 6.87. The van der Waals surface area contributed by atoms with Gasteiger partial charge in [0.1, 0.15) is 0 Å². The minimum atomic E-state index is -3.59. The normalized spacial score (nSPS) is 22.1. The highest BCUT2D eigenvalue weighted by atomic mass is 32.2. The Morgan fingerprint density at radius 2 is 2.24 bits per heavy atom. The maximum absolute atomic E-state index is 11.0. The second-order valence-corrected chi connectivity index (χ2v) is 7.37. The van der Waals surface area contributed by atoms with Crippen molar-refractivity contribution < 1.29 is 8.42 Å². The second-order valence-electron chi connectivity index (χ2n) is 5.99. The van der Waals surface area contributed by atoms with Gasteiger partial charge in [-0.25, -0.2) is 9.86 Å². The SMILES string of the molecule is Cc1cccc([C@H](C)N2CCC[C@H](CNS(N)(=O)=O)C2)c1. The first kappa shape index (κ1) is 16.4. The summed E-state index contributed by atoms with van der Waals surface area (Å²) in [7, 11) is -3.59. The standard InChI is InChI=1S/C15H25N3O2S/c1-12-5-3-7-15(9-12)13(2)18-8-4-6-14(11-18)10-17-21(16,19)20/h3,5,7,9,13-14,17H,4,6,8,10-11H2,1-2H3,(H2,16,19,20)/t13-,14+/m0/s1. The molecule has 2 atom stereocenters. The van der Waals surface area contributed by atoms with E-state index in [-0.39, 0.29) is 0 Å². The number of aryl methyl sites for hydroxylation is 1. The Morgan fingerprint density at radius 3 is 2.90 bits per heavy atom. The topological polar surface area (TPSA) is 75.4 Å². The van der Waals surface area contributed by atoms with Gasteiger partial charge in [-0.3, -0.25) is 4.90 Å². The molecule has 118 valence electrons. The summed E-state index contributed by atoms with van der Waals surface area (Å²) in [5.41, 5.74) is 2.58. The summed E-state index contributed by atoms with van der Waals surface area (Å²) in [5.74, 6) is 0.323. The summed E-state index contributed by atoms with van der Waals surface area (Å²) in [6, 6.07) is 8.92. The smallest absolute Gasteiger partial charge is 0.274 e. The lowest BCUT2D eigenvalue weighted by Crippen LogP contribution is -2.43. The molecule has 1 fully saturated rings. The van der Waals surface area contributed by atoms with E-state index >= 15 is 0 Å². The van der Waals surface area contributed by atoms with E-state index in [1.165, 1.54) is 11.1 Å². The molecular formula is C15H25N3O2S. The van der Waals surface area contributed by atoms with E-state index in [0.29, 0.717) is 18.5 Å². The van der Waals surface area contributed by atoms with Crippen LogP contribution in [0, 0.1) is 12.8 Å². The fourth-order valence-corrected chi connectivity index (χ4v) is 3.46. The zero-order valence-electron chi connectivity index (χ0n) is 12.7. The Hall–Kier alpha value is -0.950. The van der Waals surface area contributed by atoms with E-state index < -0.39 is 10.2 Å². The molecule has 0 aromatic heterocycles. The number of benzene rings is 1. The maximum Gasteiger partial charge on any atom is 0.274 e. The summed E-state index contributed by atoms with van der Waals surface area (Å²) in [5, 5.41) is 5.00. The molecule has 1 aliphatic rings. The molecule has 1 saturated heterocycles. The van der Waals surface area contributed by atoms with Crippen LogP contribution in [0.4, 0.5) is 0 Å². The maximum atomic E-state index is 11.0.